The van der Waals surface area contributed by atoms with Gasteiger partial charge in [-0.3, -0.25) is 5.32 Å². The molecule has 0 aliphatic heterocycles. The predicted octanol–water partition coefficient (Wildman–Crippen LogP) is 9.19. The van der Waals surface area contributed by atoms with E-state index in [9.17, 15) is 31.1 Å². The maximum absolute atomic E-state index is 14.9. The summed E-state index contributed by atoms with van der Waals surface area (Å²) in [4.78, 5) is 16.8. The molecule has 250 valence electrons. The van der Waals surface area contributed by atoms with E-state index in [1.807, 2.05) is 0 Å². The summed E-state index contributed by atoms with van der Waals surface area (Å²) >= 11 is 0. The number of pyridine rings is 1. The second-order valence-corrected chi connectivity index (χ2v) is 11.7. The number of carbonyl (C=O) groups excluding carboxylic acids is 1. The minimum Gasteiger partial charge on any atom is -0.444 e. The largest absolute Gasteiger partial charge is 0.444 e. The van der Waals surface area contributed by atoms with E-state index in [0.717, 1.165) is 0 Å². The molecule has 0 fully saturated rings. The Morgan fingerprint density at radius 1 is 1.04 bits per heavy atom. The van der Waals surface area contributed by atoms with Crippen molar-refractivity contribution >= 4 is 11.8 Å². The summed E-state index contributed by atoms with van der Waals surface area (Å²) in [5.41, 5.74) is -6.38. The van der Waals surface area contributed by atoms with E-state index in [1.165, 1.54) is 32.9 Å². The molecule has 0 saturated carbocycles. The van der Waals surface area contributed by atoms with E-state index in [4.69, 9.17) is 13.9 Å². The average Bonchev–Trinajstić information content (AvgIpc) is 3.42. The number of allylic oxidation sites excluding steroid dienone is 2. The Morgan fingerprint density at radius 2 is 1.72 bits per heavy atom. The van der Waals surface area contributed by atoms with Gasteiger partial charge in [0.05, 0.1) is 23.6 Å². The van der Waals surface area contributed by atoms with Crippen LogP contribution in [0.15, 0.2) is 66.1 Å². The van der Waals surface area contributed by atoms with E-state index in [1.54, 1.807) is 37.3 Å². The van der Waals surface area contributed by atoms with Crippen LogP contribution in [0.3, 0.4) is 0 Å². The highest BCUT2D eigenvalue weighted by molar-refractivity contribution is 5.89. The standard InChI is InChI=1S/C32H36F6N4O4/c1-7-9-16-30(32(36,37)38,44-19-21-14-11-10-12-15-21)27-42-41-26(45-27)25-24(40-28(43)46-29(4,5)6)18-22(31(33,34)35)23(39-25)17-20(3)13-8-2/h7-8,10-12,14-15,18,20H,1-2,9,13,16-17,19H2,3-6H3,(H,40,43). The first-order valence-electron chi connectivity index (χ1n) is 14.3. The summed E-state index contributed by atoms with van der Waals surface area (Å²) in [5.74, 6) is -2.02. The zero-order chi connectivity index (χ0) is 34.3. The lowest BCUT2D eigenvalue weighted by Gasteiger charge is -2.32. The molecule has 0 aliphatic carbocycles. The molecule has 8 nitrogen and oxygen atoms in total. The number of halogens is 6. The van der Waals surface area contributed by atoms with Crippen LogP contribution in [-0.2, 0) is 34.3 Å². The summed E-state index contributed by atoms with van der Waals surface area (Å²) in [7, 11) is 0. The molecule has 0 bridgehead atoms. The van der Waals surface area contributed by atoms with E-state index in [2.05, 4.69) is 33.7 Å². The van der Waals surface area contributed by atoms with Crippen molar-refractivity contribution in [2.45, 2.75) is 83.5 Å². The highest BCUT2D eigenvalue weighted by Gasteiger charge is 2.61. The van der Waals surface area contributed by atoms with Gasteiger partial charge in [-0.05, 0) is 64.0 Å². The van der Waals surface area contributed by atoms with Gasteiger partial charge in [0.2, 0.25) is 5.60 Å². The molecule has 2 atom stereocenters. The van der Waals surface area contributed by atoms with Gasteiger partial charge in [-0.15, -0.1) is 23.4 Å². The highest BCUT2D eigenvalue weighted by Crippen LogP contribution is 2.47. The lowest BCUT2D eigenvalue weighted by molar-refractivity contribution is -0.299. The number of alkyl halides is 6. The SMILES string of the molecule is C=CCCC(OCc1ccccc1)(c1nnc(-c2nc(CC(C)CC=C)c(C(F)(F)F)cc2NC(=O)OC(C)(C)C)o1)C(F)(F)F. The van der Waals surface area contributed by atoms with E-state index in [0.29, 0.717) is 18.1 Å². The van der Waals surface area contributed by atoms with Crippen molar-refractivity contribution in [1.82, 2.24) is 15.2 Å². The normalized spacial score (nSPS) is 14.3. The van der Waals surface area contributed by atoms with Gasteiger partial charge in [0.25, 0.3) is 11.8 Å². The number of hydrogen-bond donors (Lipinski definition) is 1. The van der Waals surface area contributed by atoms with Gasteiger partial charge >= 0.3 is 18.4 Å². The first-order chi connectivity index (χ1) is 21.4. The van der Waals surface area contributed by atoms with Crippen LogP contribution in [0.1, 0.15) is 69.7 Å². The van der Waals surface area contributed by atoms with Gasteiger partial charge in [-0.2, -0.15) is 26.3 Å². The van der Waals surface area contributed by atoms with Crippen LogP contribution in [0.4, 0.5) is 36.8 Å². The third-order valence-electron chi connectivity index (χ3n) is 6.61. The number of benzene rings is 1. The molecule has 1 aromatic carbocycles. The maximum Gasteiger partial charge on any atom is 0.426 e. The zero-order valence-corrected chi connectivity index (χ0v) is 25.9. The Bertz CT molecular complexity index is 1500. The Balaban J connectivity index is 2.22. The van der Waals surface area contributed by atoms with Crippen LogP contribution in [0.5, 0.6) is 0 Å². The molecule has 2 heterocycles. The van der Waals surface area contributed by atoms with Crippen molar-refractivity contribution in [3.63, 3.8) is 0 Å². The molecule has 0 spiro atoms. The van der Waals surface area contributed by atoms with E-state index < -0.39 is 77.1 Å². The molecule has 1 amide bonds. The summed E-state index contributed by atoms with van der Waals surface area (Å²) in [6.45, 7) is 12.9. The molecule has 0 aliphatic rings. The van der Waals surface area contributed by atoms with Crippen molar-refractivity contribution in [2.75, 3.05) is 5.32 Å². The third-order valence-corrected chi connectivity index (χ3v) is 6.61. The fourth-order valence-electron chi connectivity index (χ4n) is 4.48. The van der Waals surface area contributed by atoms with Crippen molar-refractivity contribution in [1.29, 1.82) is 0 Å². The minimum atomic E-state index is -5.08. The number of hydrogen-bond acceptors (Lipinski definition) is 7. The van der Waals surface area contributed by atoms with Crippen molar-refractivity contribution in [3.8, 4) is 11.6 Å². The molecule has 0 radical (unpaired) electrons. The van der Waals surface area contributed by atoms with Gasteiger partial charge in [0.15, 0.2) is 5.69 Å². The van der Waals surface area contributed by atoms with Crippen LogP contribution < -0.4 is 5.32 Å². The van der Waals surface area contributed by atoms with E-state index in [-0.39, 0.29) is 18.8 Å². The lowest BCUT2D eigenvalue weighted by atomic mass is 9.96. The first kappa shape index (κ1) is 36.3. The molecule has 46 heavy (non-hydrogen) atoms. The minimum absolute atomic E-state index is 0.165. The maximum atomic E-state index is 14.9. The third kappa shape index (κ3) is 9.18. The molecule has 3 rings (SSSR count). The Labute approximate surface area is 262 Å². The van der Waals surface area contributed by atoms with Crippen LogP contribution in [0.25, 0.3) is 11.6 Å². The van der Waals surface area contributed by atoms with Gasteiger partial charge in [-0.25, -0.2) is 9.78 Å². The van der Waals surface area contributed by atoms with Gasteiger partial charge in [0.1, 0.15) is 5.60 Å². The first-order valence-corrected chi connectivity index (χ1v) is 14.3. The summed E-state index contributed by atoms with van der Waals surface area (Å²) in [5, 5.41) is 9.61. The number of rotatable bonds is 13. The molecular weight excluding hydrogens is 618 g/mol. The van der Waals surface area contributed by atoms with Gasteiger partial charge < -0.3 is 13.9 Å². The molecule has 14 heteroatoms. The molecule has 2 unspecified atom stereocenters. The number of nitrogens with zero attached hydrogens (tertiary/aromatic N) is 3. The Kier molecular flexibility index (Phi) is 11.4. The lowest BCUT2D eigenvalue weighted by Crippen LogP contribution is -2.45. The second kappa shape index (κ2) is 14.5. The van der Waals surface area contributed by atoms with E-state index >= 15 is 0 Å². The number of carbonyl (C=O) groups is 1. The monoisotopic (exact) mass is 654 g/mol. The Morgan fingerprint density at radius 3 is 2.28 bits per heavy atom. The van der Waals surface area contributed by atoms with Crippen LogP contribution >= 0.6 is 0 Å². The second-order valence-electron chi connectivity index (χ2n) is 11.7. The van der Waals surface area contributed by atoms with Gasteiger partial charge in [-0.1, -0.05) is 49.4 Å². The number of amides is 1. The smallest absolute Gasteiger partial charge is 0.426 e. The van der Waals surface area contributed by atoms with Gasteiger partial charge in [0, 0.05) is 0 Å². The van der Waals surface area contributed by atoms with Crippen molar-refractivity contribution in [3.05, 3.63) is 84.4 Å². The highest BCUT2D eigenvalue weighted by atomic mass is 19.4. The fourth-order valence-corrected chi connectivity index (χ4v) is 4.48. The van der Waals surface area contributed by atoms with Crippen LogP contribution in [-0.4, -0.2) is 33.1 Å². The number of anilines is 1. The summed E-state index contributed by atoms with van der Waals surface area (Å²) in [6.07, 6.45) is -9.01. The number of nitrogens with one attached hydrogen (secondary N) is 1. The summed E-state index contributed by atoms with van der Waals surface area (Å²) in [6, 6.07) is 8.71. The van der Waals surface area contributed by atoms with Crippen LogP contribution in [0, 0.1) is 5.92 Å². The topological polar surface area (TPSA) is 99.4 Å². The fraction of sp³-hybridized carbons (Fsp3) is 0.438. The molecule has 1 N–H and O–H groups in total. The zero-order valence-electron chi connectivity index (χ0n) is 25.9. The van der Waals surface area contributed by atoms with Crippen molar-refractivity contribution in [2.24, 2.45) is 5.92 Å². The molecule has 3 aromatic rings. The summed E-state index contributed by atoms with van der Waals surface area (Å²) < 4.78 is 104. The number of aromatic nitrogens is 3. The van der Waals surface area contributed by atoms with Crippen molar-refractivity contribution < 1.29 is 45.0 Å². The Hall–Kier alpha value is -4.20. The average molecular weight is 655 g/mol. The molecular formula is C32H36F6N4O4. The number of ether oxygens (including phenoxy) is 2. The van der Waals surface area contributed by atoms with Crippen LogP contribution in [0.2, 0.25) is 0 Å². The molecule has 2 aromatic heterocycles. The molecule has 0 saturated heterocycles. The quantitative estimate of drug-likeness (QED) is 0.145. The predicted molar refractivity (Wildman–Crippen MR) is 158 cm³/mol.